The number of alkyl halides is 3. The highest BCUT2D eigenvalue weighted by Gasteiger charge is 2.28. The maximum Gasteiger partial charge on any atom is 0.446 e. The fourth-order valence-electron chi connectivity index (χ4n) is 1.55. The Labute approximate surface area is 117 Å². The molecule has 106 valence electrons. The maximum absolute atomic E-state index is 12.2. The van der Waals surface area contributed by atoms with E-state index >= 15 is 0 Å². The van der Waals surface area contributed by atoms with Crippen molar-refractivity contribution in [3.05, 3.63) is 36.0 Å². The smallest absolute Gasteiger partial charge is 0.340 e. The second-order valence-corrected chi connectivity index (χ2v) is 5.12. The number of halogens is 3. The Kier molecular flexibility index (Phi) is 4.03. The molecule has 0 bridgehead atoms. The minimum absolute atomic E-state index is 0.121. The van der Waals surface area contributed by atoms with Gasteiger partial charge < -0.3 is 10.7 Å². The van der Waals surface area contributed by atoms with Crippen LogP contribution >= 0.6 is 11.8 Å². The third-order valence-electron chi connectivity index (χ3n) is 2.40. The number of nitrogens with one attached hydrogen (secondary N) is 3. The van der Waals surface area contributed by atoms with Crippen LogP contribution in [-0.2, 0) is 0 Å². The Hall–Kier alpha value is -1.96. The van der Waals surface area contributed by atoms with Crippen LogP contribution in [0.1, 0.15) is 12.5 Å². The summed E-state index contributed by atoms with van der Waals surface area (Å²) in [7, 11) is 0. The Morgan fingerprint density at radius 3 is 2.50 bits per heavy atom. The van der Waals surface area contributed by atoms with Gasteiger partial charge in [-0.25, -0.2) is 0 Å². The zero-order valence-electron chi connectivity index (χ0n) is 10.4. The van der Waals surface area contributed by atoms with Crippen molar-refractivity contribution in [1.82, 2.24) is 10.2 Å². The highest BCUT2D eigenvalue weighted by Crippen LogP contribution is 2.37. The summed E-state index contributed by atoms with van der Waals surface area (Å²) in [5.41, 5.74) is -2.73. The second-order valence-electron chi connectivity index (χ2n) is 3.98. The number of rotatable bonds is 4. The highest BCUT2D eigenvalue weighted by atomic mass is 32.2. The lowest BCUT2D eigenvalue weighted by Crippen LogP contribution is -2.00. The molecule has 0 saturated carbocycles. The molecule has 0 atom stereocenters. The van der Waals surface area contributed by atoms with Gasteiger partial charge in [-0.05, 0) is 43.0 Å². The first-order valence-corrected chi connectivity index (χ1v) is 6.38. The van der Waals surface area contributed by atoms with Crippen LogP contribution in [0.5, 0.6) is 0 Å². The zero-order chi connectivity index (χ0) is 14.8. The van der Waals surface area contributed by atoms with Crippen LogP contribution in [0.4, 0.5) is 24.7 Å². The second kappa shape index (κ2) is 5.58. The van der Waals surface area contributed by atoms with Crippen LogP contribution < -0.4 is 5.32 Å². The van der Waals surface area contributed by atoms with Gasteiger partial charge in [0.15, 0.2) is 0 Å². The molecular weight excluding hydrogens is 289 g/mol. The molecule has 4 nitrogen and oxygen atoms in total. The standard InChI is InChI=1S/C12H11F3N4S/c1-7(16)10-6-17-19-11(10)18-8-2-4-9(5-3-8)20-12(13,14)15/h2-6,16H,1H3,(H2,17,18,19). The van der Waals surface area contributed by atoms with Crippen LogP contribution in [0, 0.1) is 5.41 Å². The number of thioether (sulfide) groups is 1. The average Bonchev–Trinajstić information content (AvgIpc) is 2.78. The molecule has 2 rings (SSSR count). The van der Waals surface area contributed by atoms with E-state index in [0.717, 1.165) is 0 Å². The summed E-state index contributed by atoms with van der Waals surface area (Å²) in [5, 5.41) is 17.1. The van der Waals surface area contributed by atoms with Crippen molar-refractivity contribution in [2.75, 3.05) is 5.32 Å². The van der Waals surface area contributed by atoms with Crippen molar-refractivity contribution >= 4 is 29.0 Å². The summed E-state index contributed by atoms with van der Waals surface area (Å²) in [5.74, 6) is 0.536. The van der Waals surface area contributed by atoms with E-state index in [1.807, 2.05) is 0 Å². The van der Waals surface area contributed by atoms with Gasteiger partial charge in [-0.2, -0.15) is 18.3 Å². The molecule has 0 unspecified atom stereocenters. The van der Waals surface area contributed by atoms with Gasteiger partial charge in [0, 0.05) is 16.3 Å². The van der Waals surface area contributed by atoms with E-state index in [2.05, 4.69) is 15.5 Å². The first kappa shape index (κ1) is 14.4. The molecule has 1 aromatic heterocycles. The van der Waals surface area contributed by atoms with Gasteiger partial charge >= 0.3 is 5.51 Å². The van der Waals surface area contributed by atoms with E-state index in [4.69, 9.17) is 5.41 Å². The van der Waals surface area contributed by atoms with Gasteiger partial charge in [-0.3, -0.25) is 5.10 Å². The zero-order valence-corrected chi connectivity index (χ0v) is 11.2. The average molecular weight is 300 g/mol. The molecule has 0 amide bonds. The fraction of sp³-hybridized carbons (Fsp3) is 0.167. The minimum Gasteiger partial charge on any atom is -0.340 e. The predicted molar refractivity (Wildman–Crippen MR) is 72.7 cm³/mol. The number of hydrogen-bond acceptors (Lipinski definition) is 4. The van der Waals surface area contributed by atoms with E-state index in [1.54, 1.807) is 6.92 Å². The van der Waals surface area contributed by atoms with E-state index in [0.29, 0.717) is 22.8 Å². The molecule has 8 heteroatoms. The maximum atomic E-state index is 12.2. The van der Waals surface area contributed by atoms with Gasteiger partial charge in [0.1, 0.15) is 5.82 Å². The van der Waals surface area contributed by atoms with Gasteiger partial charge in [0.25, 0.3) is 0 Å². The minimum atomic E-state index is -4.29. The van der Waals surface area contributed by atoms with Crippen molar-refractivity contribution in [3.63, 3.8) is 0 Å². The van der Waals surface area contributed by atoms with Crippen LogP contribution in [0.15, 0.2) is 35.4 Å². The molecule has 0 fully saturated rings. The number of aromatic amines is 1. The number of nitrogens with zero attached hydrogens (tertiary/aromatic N) is 1. The predicted octanol–water partition coefficient (Wildman–Crippen LogP) is 4.15. The fourth-order valence-corrected chi connectivity index (χ4v) is 2.09. The van der Waals surface area contributed by atoms with Crippen LogP contribution in [0.25, 0.3) is 0 Å². The molecule has 3 N–H and O–H groups in total. The molecule has 0 radical (unpaired) electrons. The first-order chi connectivity index (χ1) is 9.35. The number of aromatic nitrogens is 2. The third kappa shape index (κ3) is 3.77. The van der Waals surface area contributed by atoms with Crippen molar-refractivity contribution < 1.29 is 13.2 Å². The molecular formula is C12H11F3N4S. The molecule has 0 spiro atoms. The van der Waals surface area contributed by atoms with Crippen molar-refractivity contribution in [2.45, 2.75) is 17.3 Å². The highest BCUT2D eigenvalue weighted by molar-refractivity contribution is 8.00. The Balaban J connectivity index is 2.11. The van der Waals surface area contributed by atoms with Gasteiger partial charge in [0.05, 0.1) is 11.8 Å². The van der Waals surface area contributed by atoms with Crippen molar-refractivity contribution in [1.29, 1.82) is 5.41 Å². The third-order valence-corrected chi connectivity index (χ3v) is 3.14. The first-order valence-electron chi connectivity index (χ1n) is 5.57. The monoisotopic (exact) mass is 300 g/mol. The summed E-state index contributed by atoms with van der Waals surface area (Å²) in [6.07, 6.45) is 1.51. The number of hydrogen-bond donors (Lipinski definition) is 3. The SMILES string of the molecule is CC(=N)c1cn[nH]c1Nc1ccc(SC(F)(F)F)cc1. The largest absolute Gasteiger partial charge is 0.446 e. The van der Waals surface area contributed by atoms with E-state index in [1.165, 1.54) is 30.5 Å². The Morgan fingerprint density at radius 1 is 1.30 bits per heavy atom. The van der Waals surface area contributed by atoms with Gasteiger partial charge in [-0.1, -0.05) is 0 Å². The Morgan fingerprint density at radius 2 is 1.95 bits per heavy atom. The molecule has 0 aliphatic heterocycles. The van der Waals surface area contributed by atoms with Crippen molar-refractivity contribution in [2.24, 2.45) is 0 Å². The van der Waals surface area contributed by atoms with Crippen LogP contribution in [0.2, 0.25) is 0 Å². The number of anilines is 2. The van der Waals surface area contributed by atoms with E-state index < -0.39 is 5.51 Å². The summed E-state index contributed by atoms with van der Waals surface area (Å²) in [4.78, 5) is 0.121. The van der Waals surface area contributed by atoms with Crippen LogP contribution in [-0.4, -0.2) is 21.4 Å². The quantitative estimate of drug-likeness (QED) is 0.587. The van der Waals surface area contributed by atoms with E-state index in [9.17, 15) is 13.2 Å². The van der Waals surface area contributed by atoms with Crippen LogP contribution in [0.3, 0.4) is 0 Å². The lowest BCUT2D eigenvalue weighted by molar-refractivity contribution is -0.0328. The van der Waals surface area contributed by atoms with E-state index in [-0.39, 0.29) is 16.7 Å². The van der Waals surface area contributed by atoms with Gasteiger partial charge in [-0.15, -0.1) is 0 Å². The number of H-pyrrole nitrogens is 1. The molecule has 2 aromatic rings. The molecule has 0 aliphatic carbocycles. The molecule has 20 heavy (non-hydrogen) atoms. The molecule has 1 aromatic carbocycles. The lowest BCUT2D eigenvalue weighted by Gasteiger charge is -2.08. The molecule has 1 heterocycles. The molecule has 0 saturated heterocycles. The van der Waals surface area contributed by atoms with Crippen molar-refractivity contribution in [3.8, 4) is 0 Å². The Bertz CT molecular complexity index is 604. The topological polar surface area (TPSA) is 64.6 Å². The summed E-state index contributed by atoms with van der Waals surface area (Å²) < 4.78 is 36.6. The van der Waals surface area contributed by atoms with Gasteiger partial charge in [0.2, 0.25) is 0 Å². The summed E-state index contributed by atoms with van der Waals surface area (Å²) in [6.45, 7) is 1.62. The summed E-state index contributed by atoms with van der Waals surface area (Å²) in [6, 6.07) is 5.84. The lowest BCUT2D eigenvalue weighted by atomic mass is 10.2. The number of benzene rings is 1. The normalized spacial score (nSPS) is 11.4. The molecule has 0 aliphatic rings. The summed E-state index contributed by atoms with van der Waals surface area (Å²) >= 11 is -0.157.